The Balaban J connectivity index is 1.78. The van der Waals surface area contributed by atoms with E-state index in [1.165, 1.54) is 19.3 Å². The smallest absolute Gasteiger partial charge is 0.143 e. The number of hydrogen-bond donors (Lipinski definition) is 1. The zero-order valence-corrected chi connectivity index (χ0v) is 10.5. The molecule has 94 valence electrons. The predicted molar refractivity (Wildman–Crippen MR) is 69.6 cm³/mol. The van der Waals surface area contributed by atoms with Crippen LogP contribution in [0.1, 0.15) is 26.2 Å². The Bertz CT molecular complexity index is 504. The van der Waals surface area contributed by atoms with E-state index in [9.17, 15) is 0 Å². The fourth-order valence-electron chi connectivity index (χ4n) is 2.25. The first kappa shape index (κ1) is 11.2. The van der Waals surface area contributed by atoms with Gasteiger partial charge in [-0.25, -0.2) is 0 Å². The highest BCUT2D eigenvalue weighted by Crippen LogP contribution is 2.34. The molecule has 1 unspecified atom stereocenters. The second-order valence-corrected chi connectivity index (χ2v) is 5.00. The molecule has 2 aromatic rings. The monoisotopic (exact) mass is 243 g/mol. The number of para-hydroxylation sites is 2. The van der Waals surface area contributed by atoms with E-state index in [2.05, 4.69) is 33.8 Å². The zero-order valence-electron chi connectivity index (χ0n) is 10.5. The average Bonchev–Trinajstić information content (AvgIpc) is 3.01. The summed E-state index contributed by atoms with van der Waals surface area (Å²) >= 11 is 0. The zero-order chi connectivity index (χ0) is 12.4. The third-order valence-electron chi connectivity index (χ3n) is 3.29. The van der Waals surface area contributed by atoms with Gasteiger partial charge in [-0.05, 0) is 41.8 Å². The quantitative estimate of drug-likeness (QED) is 0.875. The minimum absolute atomic E-state index is 0.482. The molecule has 1 aliphatic rings. The van der Waals surface area contributed by atoms with Crippen molar-refractivity contribution in [3.8, 4) is 5.69 Å². The van der Waals surface area contributed by atoms with Crippen LogP contribution < -0.4 is 5.32 Å². The van der Waals surface area contributed by atoms with Crippen molar-refractivity contribution in [3.63, 3.8) is 0 Å². The van der Waals surface area contributed by atoms with Crippen molar-refractivity contribution in [2.24, 2.45) is 5.92 Å². The van der Waals surface area contributed by atoms with E-state index in [0.717, 1.165) is 17.3 Å². The molecule has 0 spiro atoms. The van der Waals surface area contributed by atoms with Gasteiger partial charge in [0.05, 0.1) is 11.4 Å². The molecule has 1 heterocycles. The van der Waals surface area contributed by atoms with E-state index in [1.54, 1.807) is 11.0 Å². The number of rotatable bonds is 5. The molecule has 1 N–H and O–H groups in total. The fraction of sp³-hybridized carbons (Fsp3) is 0.462. The van der Waals surface area contributed by atoms with Gasteiger partial charge in [0.15, 0.2) is 0 Å². The van der Waals surface area contributed by atoms with Gasteiger partial charge in [-0.15, -0.1) is 5.10 Å². The summed E-state index contributed by atoms with van der Waals surface area (Å²) in [5, 5.41) is 14.9. The second kappa shape index (κ2) is 4.76. The first-order valence-corrected chi connectivity index (χ1v) is 6.42. The van der Waals surface area contributed by atoms with Crippen LogP contribution in [-0.2, 0) is 0 Å². The third kappa shape index (κ3) is 2.50. The van der Waals surface area contributed by atoms with E-state index in [0.29, 0.717) is 6.04 Å². The summed E-state index contributed by atoms with van der Waals surface area (Å²) < 4.78 is 1.69. The lowest BCUT2D eigenvalue weighted by atomic mass is 10.1. The standard InChI is InChI=1S/C13H17N5/c1-10(8-11-6-7-11)15-12-4-2-3-5-13(12)18-9-14-16-17-18/h2-5,9-11,15H,6-8H2,1H3. The molecule has 1 fully saturated rings. The molecule has 3 rings (SSSR count). The number of anilines is 1. The summed E-state index contributed by atoms with van der Waals surface area (Å²) in [5.41, 5.74) is 2.07. The lowest BCUT2D eigenvalue weighted by Gasteiger charge is -2.17. The van der Waals surface area contributed by atoms with Crippen molar-refractivity contribution >= 4 is 5.69 Å². The molecule has 1 aromatic carbocycles. The number of nitrogens with one attached hydrogen (secondary N) is 1. The van der Waals surface area contributed by atoms with Crippen LogP contribution in [0.5, 0.6) is 0 Å². The molecular formula is C13H17N5. The first-order valence-electron chi connectivity index (χ1n) is 6.42. The van der Waals surface area contributed by atoms with Crippen LogP contribution in [-0.4, -0.2) is 26.2 Å². The normalized spacial score (nSPS) is 16.5. The van der Waals surface area contributed by atoms with Gasteiger partial charge in [-0.1, -0.05) is 25.0 Å². The van der Waals surface area contributed by atoms with Crippen molar-refractivity contribution in [2.75, 3.05) is 5.32 Å². The Morgan fingerprint density at radius 2 is 2.22 bits per heavy atom. The highest BCUT2D eigenvalue weighted by molar-refractivity contribution is 5.60. The maximum atomic E-state index is 3.94. The molecule has 0 radical (unpaired) electrons. The minimum Gasteiger partial charge on any atom is -0.381 e. The Kier molecular flexibility index (Phi) is 2.96. The van der Waals surface area contributed by atoms with Gasteiger partial charge < -0.3 is 5.32 Å². The fourth-order valence-corrected chi connectivity index (χ4v) is 2.25. The minimum atomic E-state index is 0.482. The lowest BCUT2D eigenvalue weighted by Crippen LogP contribution is -2.17. The van der Waals surface area contributed by atoms with Gasteiger partial charge in [0.2, 0.25) is 0 Å². The topological polar surface area (TPSA) is 55.6 Å². The van der Waals surface area contributed by atoms with Gasteiger partial charge >= 0.3 is 0 Å². The summed E-state index contributed by atoms with van der Waals surface area (Å²) in [6.07, 6.45) is 5.64. The maximum absolute atomic E-state index is 3.94. The molecule has 0 saturated heterocycles. The van der Waals surface area contributed by atoms with Crippen LogP contribution in [0.3, 0.4) is 0 Å². The second-order valence-electron chi connectivity index (χ2n) is 5.00. The van der Waals surface area contributed by atoms with Crippen molar-refractivity contribution in [2.45, 2.75) is 32.2 Å². The van der Waals surface area contributed by atoms with Crippen LogP contribution >= 0.6 is 0 Å². The van der Waals surface area contributed by atoms with E-state index in [4.69, 9.17) is 0 Å². The largest absolute Gasteiger partial charge is 0.381 e. The SMILES string of the molecule is CC(CC1CC1)Nc1ccccc1-n1cnnn1. The number of nitrogens with zero attached hydrogens (tertiary/aromatic N) is 4. The molecule has 0 aliphatic heterocycles. The highest BCUT2D eigenvalue weighted by Gasteiger charge is 2.23. The molecule has 1 aromatic heterocycles. The van der Waals surface area contributed by atoms with Gasteiger partial charge in [-0.3, -0.25) is 0 Å². The van der Waals surface area contributed by atoms with Crippen molar-refractivity contribution in [1.82, 2.24) is 20.2 Å². The molecule has 5 nitrogen and oxygen atoms in total. The number of aromatic nitrogens is 4. The number of tetrazole rings is 1. The summed E-state index contributed by atoms with van der Waals surface area (Å²) in [5.74, 6) is 0.924. The van der Waals surface area contributed by atoms with Crippen molar-refractivity contribution in [3.05, 3.63) is 30.6 Å². The van der Waals surface area contributed by atoms with Crippen molar-refractivity contribution < 1.29 is 0 Å². The Morgan fingerprint density at radius 3 is 2.94 bits per heavy atom. The summed E-state index contributed by atoms with van der Waals surface area (Å²) in [6, 6.07) is 8.59. The van der Waals surface area contributed by atoms with Gasteiger partial charge in [-0.2, -0.15) is 4.68 Å². The summed E-state index contributed by atoms with van der Waals surface area (Å²) in [6.45, 7) is 2.23. The molecule has 1 aliphatic carbocycles. The van der Waals surface area contributed by atoms with Gasteiger partial charge in [0.25, 0.3) is 0 Å². The predicted octanol–water partition coefficient (Wildman–Crippen LogP) is 2.26. The molecule has 1 atom stereocenters. The molecule has 1 saturated carbocycles. The van der Waals surface area contributed by atoms with Crippen LogP contribution in [0.15, 0.2) is 30.6 Å². The van der Waals surface area contributed by atoms with Crippen molar-refractivity contribution in [1.29, 1.82) is 0 Å². The Morgan fingerprint density at radius 1 is 1.39 bits per heavy atom. The number of benzene rings is 1. The van der Waals surface area contributed by atoms with Crippen LogP contribution in [0.25, 0.3) is 5.69 Å². The number of hydrogen-bond acceptors (Lipinski definition) is 4. The Hall–Kier alpha value is -1.91. The molecule has 18 heavy (non-hydrogen) atoms. The third-order valence-corrected chi connectivity index (χ3v) is 3.29. The van der Waals surface area contributed by atoms with E-state index in [1.807, 2.05) is 18.2 Å². The van der Waals surface area contributed by atoms with Gasteiger partial charge in [0.1, 0.15) is 6.33 Å². The first-order chi connectivity index (χ1) is 8.83. The average molecular weight is 243 g/mol. The summed E-state index contributed by atoms with van der Waals surface area (Å²) in [4.78, 5) is 0. The Labute approximate surface area is 106 Å². The van der Waals surface area contributed by atoms with E-state index in [-0.39, 0.29) is 0 Å². The molecule has 0 amide bonds. The highest BCUT2D eigenvalue weighted by atomic mass is 15.5. The molecular weight excluding hydrogens is 226 g/mol. The van der Waals surface area contributed by atoms with Crippen LogP contribution in [0, 0.1) is 5.92 Å². The van der Waals surface area contributed by atoms with Crippen LogP contribution in [0.4, 0.5) is 5.69 Å². The molecule has 5 heteroatoms. The summed E-state index contributed by atoms with van der Waals surface area (Å²) in [7, 11) is 0. The molecule has 0 bridgehead atoms. The maximum Gasteiger partial charge on any atom is 0.143 e. The van der Waals surface area contributed by atoms with Gasteiger partial charge in [0, 0.05) is 6.04 Å². The van der Waals surface area contributed by atoms with E-state index < -0.39 is 0 Å². The lowest BCUT2D eigenvalue weighted by molar-refractivity contribution is 0.641. The van der Waals surface area contributed by atoms with E-state index >= 15 is 0 Å². The van der Waals surface area contributed by atoms with Crippen LogP contribution in [0.2, 0.25) is 0 Å².